The Balaban J connectivity index is 3.04. The van der Waals surface area contributed by atoms with Crippen LogP contribution < -0.4 is 9.62 Å². The van der Waals surface area contributed by atoms with Gasteiger partial charge in [0.15, 0.2) is 0 Å². The average molecular weight is 302 g/mol. The molecule has 112 valence electrons. The van der Waals surface area contributed by atoms with Gasteiger partial charge in [-0.25, -0.2) is 8.42 Å². The quantitative estimate of drug-likeness (QED) is 0.647. The second kappa shape index (κ2) is 6.69. The summed E-state index contributed by atoms with van der Waals surface area (Å²) in [5.74, 6) is -1.33. The number of carboxylic acid groups (broad SMARTS) is 1. The highest BCUT2D eigenvalue weighted by molar-refractivity contribution is 7.89. The van der Waals surface area contributed by atoms with E-state index in [1.54, 1.807) is 31.1 Å². The molecule has 1 rings (SSSR count). The van der Waals surface area contributed by atoms with Crippen LogP contribution in [-0.4, -0.2) is 51.3 Å². The summed E-state index contributed by atoms with van der Waals surface area (Å²) in [4.78, 5) is 12.6. The van der Waals surface area contributed by atoms with Crippen molar-refractivity contribution < 1.29 is 23.4 Å². The van der Waals surface area contributed by atoms with Gasteiger partial charge in [0.05, 0.1) is 4.90 Å². The van der Waals surface area contributed by atoms with Crippen LogP contribution in [0.15, 0.2) is 29.2 Å². The molecule has 1 atom stereocenters. The summed E-state index contributed by atoms with van der Waals surface area (Å²) in [7, 11) is -0.414. The predicted octanol–water partition coefficient (Wildman–Crippen LogP) is -0.133. The Morgan fingerprint density at radius 3 is 2.55 bits per heavy atom. The molecule has 1 aromatic rings. The maximum absolute atomic E-state index is 12.1. The van der Waals surface area contributed by atoms with Crippen molar-refractivity contribution in [2.75, 3.05) is 25.6 Å². The fraction of sp³-hybridized carbons (Fsp3) is 0.417. The van der Waals surface area contributed by atoms with E-state index in [1.165, 1.54) is 12.1 Å². The first-order valence-electron chi connectivity index (χ1n) is 5.91. The van der Waals surface area contributed by atoms with Crippen molar-refractivity contribution in [2.24, 2.45) is 0 Å². The molecular weight excluding hydrogens is 284 g/mol. The van der Waals surface area contributed by atoms with Gasteiger partial charge < -0.3 is 15.1 Å². The molecule has 3 N–H and O–H groups in total. The first-order chi connectivity index (χ1) is 9.27. The summed E-state index contributed by atoms with van der Waals surface area (Å²) in [6.45, 7) is -0.419. The molecule has 7 nitrogen and oxygen atoms in total. The Morgan fingerprint density at radius 2 is 2.05 bits per heavy atom. The number of carboxylic acids is 1. The SMILES string of the molecule is CN(C)c1cccc(S(=O)(=O)N[C@@H](CCO)C(=O)O)c1. The van der Waals surface area contributed by atoms with Crippen LogP contribution in [0.1, 0.15) is 6.42 Å². The lowest BCUT2D eigenvalue weighted by Gasteiger charge is -2.16. The molecule has 0 saturated heterocycles. The summed E-state index contributed by atoms with van der Waals surface area (Å²) in [5.41, 5.74) is 0.682. The van der Waals surface area contributed by atoms with E-state index < -0.39 is 28.6 Å². The zero-order chi connectivity index (χ0) is 15.3. The summed E-state index contributed by atoms with van der Waals surface area (Å²) >= 11 is 0. The van der Waals surface area contributed by atoms with E-state index in [0.717, 1.165) is 0 Å². The number of nitrogens with one attached hydrogen (secondary N) is 1. The minimum Gasteiger partial charge on any atom is -0.480 e. The van der Waals surface area contributed by atoms with Crippen LogP contribution in [0, 0.1) is 0 Å². The zero-order valence-corrected chi connectivity index (χ0v) is 12.1. The van der Waals surface area contributed by atoms with Gasteiger partial charge >= 0.3 is 5.97 Å². The van der Waals surface area contributed by atoms with Gasteiger partial charge in [-0.05, 0) is 24.6 Å². The number of aliphatic hydroxyl groups is 1. The number of aliphatic carboxylic acids is 1. The maximum atomic E-state index is 12.1. The largest absolute Gasteiger partial charge is 0.480 e. The van der Waals surface area contributed by atoms with Crippen LogP contribution in [-0.2, 0) is 14.8 Å². The Labute approximate surface area is 117 Å². The third kappa shape index (κ3) is 4.19. The second-order valence-electron chi connectivity index (χ2n) is 4.42. The molecule has 0 amide bonds. The van der Waals surface area contributed by atoms with E-state index in [2.05, 4.69) is 4.72 Å². The van der Waals surface area contributed by atoms with E-state index in [4.69, 9.17) is 10.2 Å². The molecule has 0 unspecified atom stereocenters. The van der Waals surface area contributed by atoms with Crippen molar-refractivity contribution >= 4 is 21.7 Å². The molecule has 0 aromatic heterocycles. The number of rotatable bonds is 7. The van der Waals surface area contributed by atoms with Crippen LogP contribution in [0.25, 0.3) is 0 Å². The van der Waals surface area contributed by atoms with Crippen molar-refractivity contribution in [3.63, 3.8) is 0 Å². The van der Waals surface area contributed by atoms with Gasteiger partial charge in [0.2, 0.25) is 10.0 Å². The molecule has 0 aliphatic heterocycles. The number of sulfonamides is 1. The van der Waals surface area contributed by atoms with Gasteiger partial charge in [-0.3, -0.25) is 4.79 Å². The van der Waals surface area contributed by atoms with Crippen LogP contribution in [0.4, 0.5) is 5.69 Å². The Hall–Kier alpha value is -1.64. The maximum Gasteiger partial charge on any atom is 0.321 e. The molecule has 0 spiro atoms. The van der Waals surface area contributed by atoms with Crippen molar-refractivity contribution in [2.45, 2.75) is 17.4 Å². The average Bonchev–Trinajstić information content (AvgIpc) is 2.38. The number of hydrogen-bond donors (Lipinski definition) is 3. The highest BCUT2D eigenvalue weighted by atomic mass is 32.2. The molecule has 0 saturated carbocycles. The van der Waals surface area contributed by atoms with Gasteiger partial charge in [0.1, 0.15) is 6.04 Å². The molecule has 1 aromatic carbocycles. The monoisotopic (exact) mass is 302 g/mol. The lowest BCUT2D eigenvalue weighted by atomic mass is 10.2. The van der Waals surface area contributed by atoms with E-state index in [1.807, 2.05) is 0 Å². The third-order valence-electron chi connectivity index (χ3n) is 2.66. The smallest absolute Gasteiger partial charge is 0.321 e. The first kappa shape index (κ1) is 16.4. The topological polar surface area (TPSA) is 107 Å². The number of carbonyl (C=O) groups is 1. The van der Waals surface area contributed by atoms with Crippen LogP contribution in [0.3, 0.4) is 0 Å². The fourth-order valence-electron chi connectivity index (χ4n) is 1.55. The molecule has 0 radical (unpaired) electrons. The van der Waals surface area contributed by atoms with Crippen LogP contribution in [0.2, 0.25) is 0 Å². The number of hydrogen-bond acceptors (Lipinski definition) is 5. The van der Waals surface area contributed by atoms with Crippen LogP contribution in [0.5, 0.6) is 0 Å². The number of anilines is 1. The minimum atomic E-state index is -3.95. The molecule has 0 heterocycles. The van der Waals surface area contributed by atoms with Crippen LogP contribution >= 0.6 is 0 Å². The highest BCUT2D eigenvalue weighted by Gasteiger charge is 2.25. The lowest BCUT2D eigenvalue weighted by molar-refractivity contribution is -0.139. The standard InChI is InChI=1S/C12H18N2O5S/c1-14(2)9-4-3-5-10(8-9)20(18,19)13-11(6-7-15)12(16)17/h3-5,8,11,13,15H,6-7H2,1-2H3,(H,16,17)/t11-/m0/s1. The summed E-state index contributed by atoms with van der Waals surface area (Å²) in [6.07, 6.45) is -0.193. The van der Waals surface area contributed by atoms with Crippen molar-refractivity contribution in [3.8, 4) is 0 Å². The second-order valence-corrected chi connectivity index (χ2v) is 6.13. The van der Waals surface area contributed by atoms with E-state index >= 15 is 0 Å². The Morgan fingerprint density at radius 1 is 1.40 bits per heavy atom. The highest BCUT2D eigenvalue weighted by Crippen LogP contribution is 2.17. The fourth-order valence-corrected chi connectivity index (χ4v) is 2.81. The van der Waals surface area contributed by atoms with Crippen molar-refractivity contribution in [1.29, 1.82) is 0 Å². The lowest BCUT2D eigenvalue weighted by Crippen LogP contribution is -2.41. The van der Waals surface area contributed by atoms with Gasteiger partial charge in [-0.2, -0.15) is 4.72 Å². The Bertz CT molecular complexity index is 571. The van der Waals surface area contributed by atoms with E-state index in [-0.39, 0.29) is 11.3 Å². The normalized spacial score (nSPS) is 12.9. The predicted molar refractivity (Wildman–Crippen MR) is 74.2 cm³/mol. The third-order valence-corrected chi connectivity index (χ3v) is 4.13. The number of benzene rings is 1. The summed E-state index contributed by atoms with van der Waals surface area (Å²) < 4.78 is 26.3. The van der Waals surface area contributed by atoms with E-state index in [9.17, 15) is 13.2 Å². The molecule has 20 heavy (non-hydrogen) atoms. The molecular formula is C12H18N2O5S. The first-order valence-corrected chi connectivity index (χ1v) is 7.39. The summed E-state index contributed by atoms with van der Waals surface area (Å²) in [5, 5.41) is 17.7. The number of aliphatic hydroxyl groups excluding tert-OH is 1. The van der Waals surface area contributed by atoms with Crippen molar-refractivity contribution in [3.05, 3.63) is 24.3 Å². The zero-order valence-electron chi connectivity index (χ0n) is 11.3. The minimum absolute atomic E-state index is 0.0205. The van der Waals surface area contributed by atoms with Gasteiger partial charge in [-0.1, -0.05) is 6.07 Å². The molecule has 0 bridgehead atoms. The molecule has 0 aliphatic rings. The van der Waals surface area contributed by atoms with E-state index in [0.29, 0.717) is 5.69 Å². The Kier molecular flexibility index (Phi) is 5.49. The number of nitrogens with zero attached hydrogens (tertiary/aromatic N) is 1. The van der Waals surface area contributed by atoms with Gasteiger partial charge in [0.25, 0.3) is 0 Å². The molecule has 8 heteroatoms. The van der Waals surface area contributed by atoms with Gasteiger partial charge in [0, 0.05) is 26.4 Å². The molecule has 0 fully saturated rings. The van der Waals surface area contributed by atoms with Gasteiger partial charge in [-0.15, -0.1) is 0 Å². The van der Waals surface area contributed by atoms with Crippen molar-refractivity contribution in [1.82, 2.24) is 4.72 Å². The molecule has 0 aliphatic carbocycles. The summed E-state index contributed by atoms with van der Waals surface area (Å²) in [6, 6.07) is 4.79.